The lowest BCUT2D eigenvalue weighted by Gasteiger charge is -2.17. The molecule has 1 heterocycles. The molecule has 0 radical (unpaired) electrons. The van der Waals surface area contributed by atoms with Gasteiger partial charge in [-0.1, -0.05) is 6.07 Å². The fourth-order valence-electron chi connectivity index (χ4n) is 1.78. The number of amides is 2. The van der Waals surface area contributed by atoms with Crippen molar-refractivity contribution < 1.29 is 4.79 Å². The number of nitrogens with one attached hydrogen (secondary N) is 1. The minimum Gasteiger partial charge on any atom is -0.323 e. The van der Waals surface area contributed by atoms with Crippen molar-refractivity contribution in [3.05, 3.63) is 47.8 Å². The molecule has 102 valence electrons. The molecule has 1 N–H and O–H groups in total. The minimum absolute atomic E-state index is 0.232. The zero-order valence-electron chi connectivity index (χ0n) is 11.4. The summed E-state index contributed by atoms with van der Waals surface area (Å²) in [5.74, 6) is 0. The summed E-state index contributed by atoms with van der Waals surface area (Å²) in [6, 6.07) is 8.61. The molecule has 0 aliphatic carbocycles. The maximum atomic E-state index is 12.0. The largest absolute Gasteiger partial charge is 0.323 e. The third-order valence-electron chi connectivity index (χ3n) is 2.77. The highest BCUT2D eigenvalue weighted by Crippen LogP contribution is 2.11. The second-order valence-electron chi connectivity index (χ2n) is 4.50. The quantitative estimate of drug-likeness (QED) is 0.925. The average Bonchev–Trinajstić information content (AvgIpc) is 2.84. The van der Waals surface area contributed by atoms with Crippen LogP contribution in [0.15, 0.2) is 36.7 Å². The first-order valence-electron chi connectivity index (χ1n) is 6.08. The molecule has 20 heavy (non-hydrogen) atoms. The molecule has 0 aliphatic heterocycles. The van der Waals surface area contributed by atoms with Crippen molar-refractivity contribution in [1.82, 2.24) is 14.7 Å². The van der Waals surface area contributed by atoms with Crippen LogP contribution in [0.1, 0.15) is 11.1 Å². The highest BCUT2D eigenvalue weighted by molar-refractivity contribution is 5.89. The Morgan fingerprint density at radius 2 is 2.35 bits per heavy atom. The molecular formula is C14H15N5O. The van der Waals surface area contributed by atoms with Gasteiger partial charge in [0.25, 0.3) is 0 Å². The zero-order chi connectivity index (χ0) is 14.5. The van der Waals surface area contributed by atoms with E-state index < -0.39 is 0 Å². The maximum Gasteiger partial charge on any atom is 0.321 e. The van der Waals surface area contributed by atoms with Gasteiger partial charge in [0.1, 0.15) is 0 Å². The minimum atomic E-state index is -0.232. The average molecular weight is 269 g/mol. The molecule has 2 amide bonds. The van der Waals surface area contributed by atoms with Crippen molar-refractivity contribution in [3.63, 3.8) is 0 Å². The molecule has 0 fully saturated rings. The van der Waals surface area contributed by atoms with Gasteiger partial charge in [0.05, 0.1) is 24.4 Å². The van der Waals surface area contributed by atoms with E-state index in [-0.39, 0.29) is 6.03 Å². The van der Waals surface area contributed by atoms with Gasteiger partial charge in [-0.2, -0.15) is 10.4 Å². The fourth-order valence-corrected chi connectivity index (χ4v) is 1.78. The Morgan fingerprint density at radius 1 is 1.55 bits per heavy atom. The standard InChI is InChI=1S/C14H15N5O/c1-18(9-12-8-16-19(2)10-12)14(20)17-13-5-3-4-11(6-13)7-15/h3-6,8,10H,9H2,1-2H3,(H,17,20). The van der Waals surface area contributed by atoms with Crippen molar-refractivity contribution in [2.45, 2.75) is 6.54 Å². The van der Waals surface area contributed by atoms with Crippen molar-refractivity contribution in [2.24, 2.45) is 7.05 Å². The first kappa shape index (κ1) is 13.6. The Balaban J connectivity index is 1.98. The van der Waals surface area contributed by atoms with Crippen LogP contribution >= 0.6 is 0 Å². The van der Waals surface area contributed by atoms with Crippen molar-refractivity contribution in [1.29, 1.82) is 5.26 Å². The van der Waals surface area contributed by atoms with Gasteiger partial charge in [0.2, 0.25) is 0 Å². The molecule has 2 rings (SSSR count). The first-order valence-corrected chi connectivity index (χ1v) is 6.08. The number of aryl methyl sites for hydroxylation is 1. The SMILES string of the molecule is CN(Cc1cnn(C)c1)C(=O)Nc1cccc(C#N)c1. The normalized spacial score (nSPS) is 9.85. The fraction of sp³-hybridized carbons (Fsp3) is 0.214. The first-order chi connectivity index (χ1) is 9.58. The monoisotopic (exact) mass is 269 g/mol. The smallest absolute Gasteiger partial charge is 0.321 e. The molecule has 2 aromatic rings. The number of rotatable bonds is 3. The van der Waals surface area contributed by atoms with Gasteiger partial charge in [0, 0.05) is 31.5 Å². The zero-order valence-corrected chi connectivity index (χ0v) is 11.4. The Labute approximate surface area is 117 Å². The number of hydrogen-bond donors (Lipinski definition) is 1. The number of benzene rings is 1. The van der Waals surface area contributed by atoms with Crippen LogP contribution < -0.4 is 5.32 Å². The van der Waals surface area contributed by atoms with E-state index in [1.165, 1.54) is 0 Å². The number of anilines is 1. The van der Waals surface area contributed by atoms with Gasteiger partial charge in [-0.05, 0) is 18.2 Å². The van der Waals surface area contributed by atoms with Gasteiger partial charge in [-0.3, -0.25) is 4.68 Å². The highest BCUT2D eigenvalue weighted by Gasteiger charge is 2.10. The molecule has 1 aromatic carbocycles. The Morgan fingerprint density at radius 3 is 3.00 bits per heavy atom. The van der Waals surface area contributed by atoms with Crippen LogP contribution in [0.25, 0.3) is 0 Å². The van der Waals surface area contributed by atoms with Crippen LogP contribution in [0.2, 0.25) is 0 Å². The predicted molar refractivity (Wildman–Crippen MR) is 74.9 cm³/mol. The Bertz CT molecular complexity index is 656. The molecule has 6 heteroatoms. The van der Waals surface area contributed by atoms with E-state index in [1.54, 1.807) is 47.1 Å². The summed E-state index contributed by atoms with van der Waals surface area (Å²) in [5.41, 5.74) is 2.07. The molecule has 0 saturated carbocycles. The summed E-state index contributed by atoms with van der Waals surface area (Å²) in [5, 5.41) is 15.6. The lowest BCUT2D eigenvalue weighted by Crippen LogP contribution is -2.30. The third-order valence-corrected chi connectivity index (χ3v) is 2.77. The van der Waals surface area contributed by atoms with Crippen LogP contribution in [-0.4, -0.2) is 27.8 Å². The second kappa shape index (κ2) is 5.89. The molecule has 0 saturated heterocycles. The Kier molecular flexibility index (Phi) is 4.01. The van der Waals surface area contributed by atoms with Crippen molar-refractivity contribution in [2.75, 3.05) is 12.4 Å². The van der Waals surface area contributed by atoms with Gasteiger partial charge >= 0.3 is 6.03 Å². The molecule has 0 bridgehead atoms. The number of urea groups is 1. The second-order valence-corrected chi connectivity index (χ2v) is 4.50. The van der Waals surface area contributed by atoms with Crippen LogP contribution in [0.3, 0.4) is 0 Å². The number of carbonyl (C=O) groups is 1. The molecule has 0 unspecified atom stereocenters. The summed E-state index contributed by atoms with van der Waals surface area (Å²) in [7, 11) is 3.54. The summed E-state index contributed by atoms with van der Waals surface area (Å²) in [4.78, 5) is 13.6. The number of aromatic nitrogens is 2. The Hall–Kier alpha value is -2.81. The molecule has 0 spiro atoms. The van der Waals surface area contributed by atoms with E-state index in [9.17, 15) is 4.79 Å². The molecule has 0 atom stereocenters. The predicted octanol–water partition coefficient (Wildman–Crippen LogP) is 1.96. The highest BCUT2D eigenvalue weighted by atomic mass is 16.2. The molecule has 0 aliphatic rings. The van der Waals surface area contributed by atoms with Gasteiger partial charge in [-0.25, -0.2) is 4.79 Å². The van der Waals surface area contributed by atoms with E-state index in [2.05, 4.69) is 10.4 Å². The summed E-state index contributed by atoms with van der Waals surface area (Å²) in [6.45, 7) is 0.470. The summed E-state index contributed by atoms with van der Waals surface area (Å²) in [6.07, 6.45) is 3.58. The van der Waals surface area contributed by atoms with Gasteiger partial charge < -0.3 is 10.2 Å². The number of nitriles is 1. The third kappa shape index (κ3) is 3.36. The number of hydrogen-bond acceptors (Lipinski definition) is 3. The maximum absolute atomic E-state index is 12.0. The van der Waals surface area contributed by atoms with Crippen LogP contribution in [0, 0.1) is 11.3 Å². The lowest BCUT2D eigenvalue weighted by molar-refractivity contribution is 0.220. The lowest BCUT2D eigenvalue weighted by atomic mass is 10.2. The van der Waals surface area contributed by atoms with Crippen LogP contribution in [-0.2, 0) is 13.6 Å². The topological polar surface area (TPSA) is 74.0 Å². The van der Waals surface area contributed by atoms with Crippen molar-refractivity contribution in [3.8, 4) is 6.07 Å². The van der Waals surface area contributed by atoms with E-state index in [1.807, 2.05) is 19.3 Å². The van der Waals surface area contributed by atoms with Gasteiger partial charge in [0.15, 0.2) is 0 Å². The number of carbonyl (C=O) groups excluding carboxylic acids is 1. The van der Waals surface area contributed by atoms with E-state index >= 15 is 0 Å². The summed E-state index contributed by atoms with van der Waals surface area (Å²) >= 11 is 0. The van der Waals surface area contributed by atoms with E-state index in [4.69, 9.17) is 5.26 Å². The van der Waals surface area contributed by atoms with E-state index in [0.29, 0.717) is 17.8 Å². The van der Waals surface area contributed by atoms with E-state index in [0.717, 1.165) is 5.56 Å². The van der Waals surface area contributed by atoms with Crippen molar-refractivity contribution >= 4 is 11.7 Å². The van der Waals surface area contributed by atoms with Crippen LogP contribution in [0.4, 0.5) is 10.5 Å². The summed E-state index contributed by atoms with van der Waals surface area (Å²) < 4.78 is 1.69. The van der Waals surface area contributed by atoms with Crippen LogP contribution in [0.5, 0.6) is 0 Å². The van der Waals surface area contributed by atoms with Gasteiger partial charge in [-0.15, -0.1) is 0 Å². The molecule has 6 nitrogen and oxygen atoms in total. The molecular weight excluding hydrogens is 254 g/mol. The molecule has 1 aromatic heterocycles. The number of nitrogens with zero attached hydrogens (tertiary/aromatic N) is 4.